The first-order chi connectivity index (χ1) is 19.2. The molecule has 40 heavy (non-hydrogen) atoms. The first-order valence-corrected chi connectivity index (χ1v) is 13.4. The number of hydrogen-bond acceptors (Lipinski definition) is 8. The van der Waals surface area contributed by atoms with Gasteiger partial charge in [-0.2, -0.15) is 0 Å². The molecule has 212 valence electrons. The largest absolute Gasteiger partial charge is 0.497 e. The van der Waals surface area contributed by atoms with Crippen LogP contribution in [-0.4, -0.2) is 71.7 Å². The SMILES string of the molecule is COc1ccc(-c2cnc([C@@H](C)C3(N)COC3)[nH]2)cc1.COc1ccc(-c2cnc([C@H](C)C3(N)COC3)[nH]2)cc1. The average molecular weight is 547 g/mol. The molecule has 2 aromatic heterocycles. The molecule has 2 aromatic carbocycles. The molecule has 0 saturated carbocycles. The van der Waals surface area contributed by atoms with Crippen molar-refractivity contribution in [2.24, 2.45) is 11.5 Å². The van der Waals surface area contributed by atoms with Gasteiger partial charge in [0.15, 0.2) is 0 Å². The number of aromatic amines is 2. The lowest BCUT2D eigenvalue weighted by Crippen LogP contribution is -2.60. The predicted octanol–water partition coefficient (Wildman–Crippen LogP) is 3.83. The van der Waals surface area contributed by atoms with Gasteiger partial charge in [-0.05, 0) is 59.7 Å². The van der Waals surface area contributed by atoms with Crippen molar-refractivity contribution in [3.63, 3.8) is 0 Å². The third-order valence-corrected chi connectivity index (χ3v) is 8.02. The van der Waals surface area contributed by atoms with Gasteiger partial charge in [0.25, 0.3) is 0 Å². The predicted molar refractivity (Wildman–Crippen MR) is 153 cm³/mol. The van der Waals surface area contributed by atoms with Crippen LogP contribution in [0.3, 0.4) is 0 Å². The van der Waals surface area contributed by atoms with Gasteiger partial charge in [0.05, 0.1) is 75.5 Å². The second-order valence-electron chi connectivity index (χ2n) is 10.7. The lowest BCUT2D eigenvalue weighted by atomic mass is 9.84. The highest BCUT2D eigenvalue weighted by Crippen LogP contribution is 2.33. The minimum atomic E-state index is -0.297. The van der Waals surface area contributed by atoms with Gasteiger partial charge in [-0.15, -0.1) is 0 Å². The van der Waals surface area contributed by atoms with Crippen molar-refractivity contribution >= 4 is 0 Å². The molecule has 0 unspecified atom stereocenters. The molecule has 4 heterocycles. The molecule has 2 fully saturated rings. The van der Waals surface area contributed by atoms with Gasteiger partial charge in [0.2, 0.25) is 0 Å². The van der Waals surface area contributed by atoms with Crippen LogP contribution in [0.15, 0.2) is 60.9 Å². The lowest BCUT2D eigenvalue weighted by Gasteiger charge is -2.41. The van der Waals surface area contributed by atoms with E-state index in [0.717, 1.165) is 45.7 Å². The number of nitrogens with two attached hydrogens (primary N) is 2. The van der Waals surface area contributed by atoms with E-state index in [-0.39, 0.29) is 22.9 Å². The summed E-state index contributed by atoms with van der Waals surface area (Å²) < 4.78 is 20.8. The van der Waals surface area contributed by atoms with Crippen molar-refractivity contribution in [3.8, 4) is 34.0 Å². The fourth-order valence-corrected chi connectivity index (χ4v) is 4.67. The Morgan fingerprint density at radius 2 is 1.02 bits per heavy atom. The first kappa shape index (κ1) is 27.9. The zero-order valence-corrected chi connectivity index (χ0v) is 23.4. The van der Waals surface area contributed by atoms with Gasteiger partial charge in [0, 0.05) is 11.8 Å². The van der Waals surface area contributed by atoms with E-state index in [1.165, 1.54) is 0 Å². The second kappa shape index (κ2) is 11.4. The Kier molecular flexibility index (Phi) is 7.95. The Morgan fingerprint density at radius 1 is 0.675 bits per heavy atom. The lowest BCUT2D eigenvalue weighted by molar-refractivity contribution is -0.0655. The summed E-state index contributed by atoms with van der Waals surface area (Å²) in [6.07, 6.45) is 3.69. The van der Waals surface area contributed by atoms with Crippen LogP contribution in [0.2, 0.25) is 0 Å². The quantitative estimate of drug-likeness (QED) is 0.261. The Balaban J connectivity index is 0.000000161. The molecule has 0 radical (unpaired) electrons. The van der Waals surface area contributed by atoms with Crippen LogP contribution in [0.4, 0.5) is 0 Å². The molecule has 2 aliphatic heterocycles. The molecule has 0 spiro atoms. The number of nitrogens with one attached hydrogen (secondary N) is 2. The fourth-order valence-electron chi connectivity index (χ4n) is 4.67. The maximum Gasteiger partial charge on any atom is 0.118 e. The topological polar surface area (TPSA) is 146 Å². The first-order valence-electron chi connectivity index (χ1n) is 13.4. The third kappa shape index (κ3) is 5.62. The maximum atomic E-state index is 6.26. The number of hydrogen-bond donors (Lipinski definition) is 4. The minimum Gasteiger partial charge on any atom is -0.497 e. The van der Waals surface area contributed by atoms with Gasteiger partial charge in [-0.1, -0.05) is 13.8 Å². The van der Waals surface area contributed by atoms with Crippen molar-refractivity contribution in [3.05, 3.63) is 72.6 Å². The van der Waals surface area contributed by atoms with Gasteiger partial charge >= 0.3 is 0 Å². The van der Waals surface area contributed by atoms with Crippen LogP contribution in [0.25, 0.3) is 22.5 Å². The van der Waals surface area contributed by atoms with Crippen LogP contribution in [-0.2, 0) is 9.47 Å². The van der Waals surface area contributed by atoms with Gasteiger partial charge in [0.1, 0.15) is 23.1 Å². The summed E-state index contributed by atoms with van der Waals surface area (Å²) in [5, 5.41) is 0. The van der Waals surface area contributed by atoms with Gasteiger partial charge < -0.3 is 40.4 Å². The van der Waals surface area contributed by atoms with E-state index in [1.807, 2.05) is 60.9 Å². The molecule has 10 heteroatoms. The average Bonchev–Trinajstić information content (AvgIpc) is 3.65. The molecule has 10 nitrogen and oxygen atoms in total. The highest BCUT2D eigenvalue weighted by molar-refractivity contribution is 5.60. The number of aromatic nitrogens is 4. The number of H-pyrrole nitrogens is 2. The van der Waals surface area contributed by atoms with E-state index in [9.17, 15) is 0 Å². The summed E-state index contributed by atoms with van der Waals surface area (Å²) in [6, 6.07) is 15.8. The van der Waals surface area contributed by atoms with Crippen molar-refractivity contribution in [1.82, 2.24) is 19.9 Å². The number of ether oxygens (including phenoxy) is 4. The molecule has 2 atom stereocenters. The number of nitrogens with zero attached hydrogens (tertiary/aromatic N) is 2. The molecule has 0 bridgehead atoms. The van der Waals surface area contributed by atoms with Crippen LogP contribution in [0.5, 0.6) is 11.5 Å². The number of rotatable bonds is 8. The molecule has 2 saturated heterocycles. The number of imidazole rings is 2. The van der Waals surface area contributed by atoms with Gasteiger partial charge in [-0.3, -0.25) is 0 Å². The highest BCUT2D eigenvalue weighted by atomic mass is 16.5. The molecular formula is C30H38N6O4. The Labute approximate surface area is 234 Å². The summed E-state index contributed by atoms with van der Waals surface area (Å²) >= 11 is 0. The van der Waals surface area contributed by atoms with Crippen molar-refractivity contribution in [2.75, 3.05) is 40.6 Å². The van der Waals surface area contributed by atoms with Crippen molar-refractivity contribution in [2.45, 2.75) is 36.8 Å². The zero-order valence-electron chi connectivity index (χ0n) is 23.4. The van der Waals surface area contributed by atoms with E-state index in [2.05, 4.69) is 33.8 Å². The molecule has 6 N–H and O–H groups in total. The summed E-state index contributed by atoms with van der Waals surface area (Å²) in [5.41, 5.74) is 16.1. The molecule has 4 aromatic rings. The fraction of sp³-hybridized carbons (Fsp3) is 0.400. The third-order valence-electron chi connectivity index (χ3n) is 8.02. The molecule has 6 rings (SSSR count). The Morgan fingerprint density at radius 3 is 1.30 bits per heavy atom. The summed E-state index contributed by atoms with van der Waals surface area (Å²) in [7, 11) is 3.32. The molecule has 2 aliphatic rings. The standard InChI is InChI=1S/2C15H19N3O2/c2*1-10(15(16)8-20-9-15)14-17-7-13(18-14)11-3-5-12(19-2)6-4-11/h2*3-7,10H,8-9,16H2,1-2H3,(H,17,18)/t2*10-/m10/s1. The minimum absolute atomic E-state index is 0.142. The van der Waals surface area contributed by atoms with E-state index < -0.39 is 0 Å². The normalized spacial score (nSPS) is 18.4. The van der Waals surface area contributed by atoms with Crippen molar-refractivity contribution in [1.29, 1.82) is 0 Å². The summed E-state index contributed by atoms with van der Waals surface area (Å²) in [5.74, 6) is 3.78. The highest BCUT2D eigenvalue weighted by Gasteiger charge is 2.42. The second-order valence-corrected chi connectivity index (χ2v) is 10.7. The van der Waals surface area contributed by atoms with Crippen LogP contribution in [0, 0.1) is 0 Å². The molecule has 0 amide bonds. The Hall–Kier alpha value is -3.70. The smallest absolute Gasteiger partial charge is 0.118 e. The van der Waals surface area contributed by atoms with Gasteiger partial charge in [-0.25, -0.2) is 9.97 Å². The van der Waals surface area contributed by atoms with Crippen LogP contribution < -0.4 is 20.9 Å². The number of methoxy groups -OCH3 is 2. The number of benzene rings is 2. The summed E-state index contributed by atoms with van der Waals surface area (Å²) in [4.78, 5) is 15.6. The van der Waals surface area contributed by atoms with Crippen LogP contribution in [0.1, 0.15) is 37.3 Å². The molecule has 0 aliphatic carbocycles. The molecular weight excluding hydrogens is 508 g/mol. The monoisotopic (exact) mass is 546 g/mol. The van der Waals surface area contributed by atoms with E-state index in [1.54, 1.807) is 14.2 Å². The van der Waals surface area contributed by atoms with E-state index >= 15 is 0 Å². The zero-order chi connectivity index (χ0) is 28.3. The maximum absolute atomic E-state index is 6.26. The summed E-state index contributed by atoms with van der Waals surface area (Å²) in [6.45, 7) is 6.53. The van der Waals surface area contributed by atoms with Crippen LogP contribution >= 0.6 is 0 Å². The Bertz CT molecular complexity index is 1280. The van der Waals surface area contributed by atoms with E-state index in [0.29, 0.717) is 26.4 Å². The van der Waals surface area contributed by atoms with E-state index in [4.69, 9.17) is 30.4 Å². The van der Waals surface area contributed by atoms with Crippen molar-refractivity contribution < 1.29 is 18.9 Å².